The number of nitrogens with zero attached hydrogens (tertiary/aromatic N) is 1. The Balaban J connectivity index is 2.12. The lowest BCUT2D eigenvalue weighted by Gasteiger charge is -2.14. The van der Waals surface area contributed by atoms with Gasteiger partial charge < -0.3 is 11.1 Å². The van der Waals surface area contributed by atoms with E-state index in [9.17, 15) is 8.78 Å². The highest BCUT2D eigenvalue weighted by Crippen LogP contribution is 2.28. The Morgan fingerprint density at radius 1 is 1.38 bits per heavy atom. The summed E-state index contributed by atoms with van der Waals surface area (Å²) >= 11 is 0. The molecule has 5 heteroatoms. The van der Waals surface area contributed by atoms with Gasteiger partial charge in [0, 0.05) is 12.1 Å². The van der Waals surface area contributed by atoms with Crippen molar-refractivity contribution in [1.29, 1.82) is 0 Å². The van der Waals surface area contributed by atoms with Crippen molar-refractivity contribution in [2.24, 2.45) is 5.92 Å². The molecule has 1 aliphatic rings. The Bertz CT molecular complexity index is 395. The molecule has 1 aromatic rings. The summed E-state index contributed by atoms with van der Waals surface area (Å²) in [5.41, 5.74) is 5.30. The van der Waals surface area contributed by atoms with E-state index in [4.69, 9.17) is 5.73 Å². The molecule has 0 amide bonds. The topological polar surface area (TPSA) is 50.9 Å². The maximum atomic E-state index is 13.4. The summed E-state index contributed by atoms with van der Waals surface area (Å²) in [5.74, 6) is -1.08. The fraction of sp³-hybridized carbons (Fsp3) is 0.545. The second-order valence-corrected chi connectivity index (χ2v) is 4.45. The first-order valence-corrected chi connectivity index (χ1v) is 5.44. The fourth-order valence-corrected chi connectivity index (χ4v) is 2.11. The maximum Gasteiger partial charge on any atom is 0.168 e. The van der Waals surface area contributed by atoms with Gasteiger partial charge >= 0.3 is 0 Å². The normalized spacial score (nSPS) is 24.7. The van der Waals surface area contributed by atoms with Crippen LogP contribution in [0, 0.1) is 17.6 Å². The van der Waals surface area contributed by atoms with E-state index in [2.05, 4.69) is 17.2 Å². The van der Waals surface area contributed by atoms with Crippen LogP contribution < -0.4 is 11.1 Å². The lowest BCUT2D eigenvalue weighted by atomic mass is 10.1. The monoisotopic (exact) mass is 227 g/mol. The SMILES string of the molecule is CC1CCC(Nc2nc(N)c(F)cc2F)C1. The van der Waals surface area contributed by atoms with Crippen molar-refractivity contribution in [2.75, 3.05) is 11.1 Å². The van der Waals surface area contributed by atoms with Crippen molar-refractivity contribution < 1.29 is 8.78 Å². The van der Waals surface area contributed by atoms with Crippen LogP contribution in [0.15, 0.2) is 6.07 Å². The van der Waals surface area contributed by atoms with Crippen LogP contribution in [0.2, 0.25) is 0 Å². The van der Waals surface area contributed by atoms with Gasteiger partial charge in [-0.3, -0.25) is 0 Å². The predicted molar refractivity (Wildman–Crippen MR) is 59.0 cm³/mol. The number of rotatable bonds is 2. The fourth-order valence-electron chi connectivity index (χ4n) is 2.11. The number of pyridine rings is 1. The average Bonchev–Trinajstić information content (AvgIpc) is 2.60. The molecule has 1 aliphatic carbocycles. The van der Waals surface area contributed by atoms with Crippen LogP contribution in [0.3, 0.4) is 0 Å². The molecule has 88 valence electrons. The lowest BCUT2D eigenvalue weighted by molar-refractivity contribution is 0.573. The first-order chi connectivity index (χ1) is 7.56. The highest BCUT2D eigenvalue weighted by Gasteiger charge is 2.22. The van der Waals surface area contributed by atoms with Gasteiger partial charge in [0.15, 0.2) is 23.3 Å². The van der Waals surface area contributed by atoms with E-state index in [1.54, 1.807) is 0 Å². The predicted octanol–water partition coefficient (Wildman–Crippen LogP) is 2.54. The summed E-state index contributed by atoms with van der Waals surface area (Å²) in [6.07, 6.45) is 3.09. The van der Waals surface area contributed by atoms with Gasteiger partial charge in [-0.1, -0.05) is 6.92 Å². The van der Waals surface area contributed by atoms with Gasteiger partial charge in [-0.2, -0.15) is 0 Å². The number of hydrogen-bond acceptors (Lipinski definition) is 3. The minimum absolute atomic E-state index is 0.0537. The Morgan fingerprint density at radius 3 is 2.75 bits per heavy atom. The van der Waals surface area contributed by atoms with Crippen molar-refractivity contribution in [3.05, 3.63) is 17.7 Å². The molecule has 1 heterocycles. The average molecular weight is 227 g/mol. The van der Waals surface area contributed by atoms with Gasteiger partial charge in [0.05, 0.1) is 0 Å². The number of halogens is 2. The second-order valence-electron chi connectivity index (χ2n) is 4.45. The molecule has 0 saturated heterocycles. The summed E-state index contributed by atoms with van der Waals surface area (Å²) in [5, 5.41) is 2.97. The van der Waals surface area contributed by atoms with Crippen LogP contribution >= 0.6 is 0 Å². The van der Waals surface area contributed by atoms with Gasteiger partial charge in [-0.05, 0) is 25.2 Å². The third-order valence-electron chi connectivity index (χ3n) is 2.99. The molecule has 16 heavy (non-hydrogen) atoms. The number of nitrogens with one attached hydrogen (secondary N) is 1. The number of hydrogen-bond donors (Lipinski definition) is 2. The molecule has 1 saturated carbocycles. The first-order valence-electron chi connectivity index (χ1n) is 5.44. The molecule has 2 unspecified atom stereocenters. The smallest absolute Gasteiger partial charge is 0.168 e. The molecule has 2 rings (SSSR count). The van der Waals surface area contributed by atoms with Crippen LogP contribution in [-0.2, 0) is 0 Å². The van der Waals surface area contributed by atoms with Crippen molar-refractivity contribution in [3.63, 3.8) is 0 Å². The summed E-state index contributed by atoms with van der Waals surface area (Å²) in [7, 11) is 0. The van der Waals surface area contributed by atoms with Gasteiger partial charge in [-0.15, -0.1) is 0 Å². The molecule has 3 N–H and O–H groups in total. The summed E-state index contributed by atoms with van der Waals surface area (Å²) in [6, 6.07) is 0.977. The zero-order chi connectivity index (χ0) is 11.7. The minimum atomic E-state index is -0.817. The largest absolute Gasteiger partial charge is 0.381 e. The van der Waals surface area contributed by atoms with Gasteiger partial charge in [-0.25, -0.2) is 13.8 Å². The van der Waals surface area contributed by atoms with Crippen LogP contribution in [0.5, 0.6) is 0 Å². The van der Waals surface area contributed by atoms with Crippen LogP contribution in [0.25, 0.3) is 0 Å². The molecule has 0 aromatic carbocycles. The molecule has 3 nitrogen and oxygen atoms in total. The minimum Gasteiger partial charge on any atom is -0.381 e. The van der Waals surface area contributed by atoms with E-state index >= 15 is 0 Å². The van der Waals surface area contributed by atoms with Gasteiger partial charge in [0.2, 0.25) is 0 Å². The molecule has 0 bridgehead atoms. The second kappa shape index (κ2) is 4.23. The van der Waals surface area contributed by atoms with E-state index in [1.807, 2.05) is 0 Å². The van der Waals surface area contributed by atoms with Gasteiger partial charge in [0.25, 0.3) is 0 Å². The molecule has 2 atom stereocenters. The number of aromatic nitrogens is 1. The van der Waals surface area contributed by atoms with Crippen LogP contribution in [-0.4, -0.2) is 11.0 Å². The van der Waals surface area contributed by atoms with Gasteiger partial charge in [0.1, 0.15) is 0 Å². The standard InChI is InChI=1S/C11H15F2N3/c1-6-2-3-7(4-6)15-11-9(13)5-8(12)10(14)16-11/h5-7H,2-4H2,1H3,(H3,14,15,16). The summed E-state index contributed by atoms with van der Waals surface area (Å²) in [6.45, 7) is 2.16. The van der Waals surface area contributed by atoms with E-state index in [-0.39, 0.29) is 17.7 Å². The lowest BCUT2D eigenvalue weighted by Crippen LogP contribution is -2.18. The highest BCUT2D eigenvalue weighted by atomic mass is 19.1. The van der Waals surface area contributed by atoms with E-state index in [0.29, 0.717) is 5.92 Å². The zero-order valence-electron chi connectivity index (χ0n) is 9.13. The Labute approximate surface area is 93.1 Å². The Kier molecular flexibility index (Phi) is 2.94. The van der Waals surface area contributed by atoms with Crippen LogP contribution in [0.1, 0.15) is 26.2 Å². The van der Waals surface area contributed by atoms with Crippen molar-refractivity contribution >= 4 is 11.6 Å². The quantitative estimate of drug-likeness (QED) is 0.816. The highest BCUT2D eigenvalue weighted by molar-refractivity contribution is 5.45. The molecular formula is C11H15F2N3. The number of nitrogen functional groups attached to an aromatic ring is 1. The maximum absolute atomic E-state index is 13.4. The molecule has 0 aliphatic heterocycles. The summed E-state index contributed by atoms with van der Waals surface area (Å²) in [4.78, 5) is 3.68. The Morgan fingerprint density at radius 2 is 2.12 bits per heavy atom. The van der Waals surface area contributed by atoms with E-state index < -0.39 is 11.6 Å². The zero-order valence-corrected chi connectivity index (χ0v) is 9.13. The van der Waals surface area contributed by atoms with E-state index in [1.165, 1.54) is 0 Å². The molecule has 0 radical (unpaired) electrons. The van der Waals surface area contributed by atoms with E-state index in [0.717, 1.165) is 25.3 Å². The summed E-state index contributed by atoms with van der Waals surface area (Å²) < 4.78 is 26.2. The van der Waals surface area contributed by atoms with Crippen molar-refractivity contribution in [2.45, 2.75) is 32.2 Å². The van der Waals surface area contributed by atoms with Crippen LogP contribution in [0.4, 0.5) is 20.4 Å². The van der Waals surface area contributed by atoms with Crippen molar-refractivity contribution in [3.8, 4) is 0 Å². The molecule has 0 spiro atoms. The third kappa shape index (κ3) is 2.23. The number of nitrogens with two attached hydrogens (primary N) is 1. The third-order valence-corrected chi connectivity index (χ3v) is 2.99. The molecule has 1 fully saturated rings. The number of anilines is 2. The Hall–Kier alpha value is -1.39. The first kappa shape index (κ1) is 11.1. The molecular weight excluding hydrogens is 212 g/mol. The van der Waals surface area contributed by atoms with Crippen molar-refractivity contribution in [1.82, 2.24) is 4.98 Å². The molecule has 1 aromatic heterocycles.